The Balaban J connectivity index is 1.63. The summed E-state index contributed by atoms with van der Waals surface area (Å²) in [6, 6.07) is 12.6. The molecule has 0 amide bonds. The molecule has 21 heavy (non-hydrogen) atoms. The van der Waals surface area contributed by atoms with Gasteiger partial charge >= 0.3 is 0 Å². The van der Waals surface area contributed by atoms with Crippen molar-refractivity contribution in [2.75, 3.05) is 0 Å². The second-order valence-corrected chi connectivity index (χ2v) is 6.26. The summed E-state index contributed by atoms with van der Waals surface area (Å²) in [7, 11) is 0. The SMILES string of the molecule is CC(Cc1ccn(C2CCCC2)n1)C(O)c1ccccc1. The van der Waals surface area contributed by atoms with E-state index in [4.69, 9.17) is 5.10 Å². The lowest BCUT2D eigenvalue weighted by Crippen LogP contribution is -2.13. The fraction of sp³-hybridized carbons (Fsp3) is 0.500. The van der Waals surface area contributed by atoms with E-state index < -0.39 is 6.10 Å². The quantitative estimate of drug-likeness (QED) is 0.904. The van der Waals surface area contributed by atoms with Crippen LogP contribution in [0.25, 0.3) is 0 Å². The molecule has 1 aliphatic carbocycles. The molecule has 1 saturated carbocycles. The first-order chi connectivity index (χ1) is 10.2. The average Bonchev–Trinajstić information content (AvgIpc) is 3.18. The van der Waals surface area contributed by atoms with Crippen molar-refractivity contribution >= 4 is 0 Å². The predicted octanol–water partition coefficient (Wildman–Crippen LogP) is 3.91. The molecule has 1 heterocycles. The van der Waals surface area contributed by atoms with Crippen LogP contribution in [0.3, 0.4) is 0 Å². The number of rotatable bonds is 5. The lowest BCUT2D eigenvalue weighted by atomic mass is 9.93. The summed E-state index contributed by atoms with van der Waals surface area (Å²) in [6.45, 7) is 2.09. The van der Waals surface area contributed by atoms with Gasteiger partial charge in [-0.25, -0.2) is 0 Å². The van der Waals surface area contributed by atoms with Crippen molar-refractivity contribution < 1.29 is 5.11 Å². The van der Waals surface area contributed by atoms with Gasteiger partial charge in [0, 0.05) is 6.20 Å². The fourth-order valence-corrected chi connectivity index (χ4v) is 3.28. The highest BCUT2D eigenvalue weighted by Crippen LogP contribution is 2.29. The summed E-state index contributed by atoms with van der Waals surface area (Å²) in [4.78, 5) is 0. The van der Waals surface area contributed by atoms with Gasteiger partial charge in [0.25, 0.3) is 0 Å². The van der Waals surface area contributed by atoms with E-state index in [9.17, 15) is 5.11 Å². The van der Waals surface area contributed by atoms with Crippen LogP contribution < -0.4 is 0 Å². The third-order valence-corrected chi connectivity index (χ3v) is 4.57. The Hall–Kier alpha value is -1.61. The Morgan fingerprint density at radius 1 is 1.19 bits per heavy atom. The normalized spacial score (nSPS) is 18.8. The maximum atomic E-state index is 10.4. The highest BCUT2D eigenvalue weighted by molar-refractivity contribution is 5.18. The number of nitrogens with zero attached hydrogens (tertiary/aromatic N) is 2. The minimum Gasteiger partial charge on any atom is -0.388 e. The summed E-state index contributed by atoms with van der Waals surface area (Å²) < 4.78 is 2.13. The molecule has 3 heteroatoms. The van der Waals surface area contributed by atoms with Crippen molar-refractivity contribution in [1.29, 1.82) is 0 Å². The smallest absolute Gasteiger partial charge is 0.0819 e. The molecule has 1 aliphatic rings. The second-order valence-electron chi connectivity index (χ2n) is 6.26. The van der Waals surface area contributed by atoms with E-state index in [-0.39, 0.29) is 5.92 Å². The number of benzene rings is 1. The van der Waals surface area contributed by atoms with Gasteiger partial charge in [0.1, 0.15) is 0 Å². The average molecular weight is 284 g/mol. The van der Waals surface area contributed by atoms with Crippen LogP contribution in [0, 0.1) is 5.92 Å². The Kier molecular flexibility index (Phi) is 4.39. The molecule has 1 aromatic carbocycles. The second kappa shape index (κ2) is 6.44. The third kappa shape index (κ3) is 3.35. The lowest BCUT2D eigenvalue weighted by Gasteiger charge is -2.18. The molecular weight excluding hydrogens is 260 g/mol. The zero-order chi connectivity index (χ0) is 14.7. The van der Waals surface area contributed by atoms with Crippen molar-refractivity contribution in [3.63, 3.8) is 0 Å². The number of aliphatic hydroxyl groups excluding tert-OH is 1. The maximum absolute atomic E-state index is 10.4. The van der Waals surface area contributed by atoms with E-state index in [1.165, 1.54) is 25.7 Å². The molecule has 1 aromatic heterocycles. The summed E-state index contributed by atoms with van der Waals surface area (Å²) >= 11 is 0. The Labute approximate surface area is 126 Å². The van der Waals surface area contributed by atoms with E-state index >= 15 is 0 Å². The number of hydrogen-bond donors (Lipinski definition) is 1. The van der Waals surface area contributed by atoms with Gasteiger partial charge in [-0.2, -0.15) is 5.10 Å². The molecule has 0 bridgehead atoms. The van der Waals surface area contributed by atoms with Gasteiger partial charge in [0.2, 0.25) is 0 Å². The molecular formula is C18H24N2O. The van der Waals surface area contributed by atoms with E-state index in [0.29, 0.717) is 6.04 Å². The van der Waals surface area contributed by atoms with Crippen LogP contribution in [0.4, 0.5) is 0 Å². The molecule has 3 nitrogen and oxygen atoms in total. The van der Waals surface area contributed by atoms with Gasteiger partial charge < -0.3 is 5.11 Å². The lowest BCUT2D eigenvalue weighted by molar-refractivity contribution is 0.117. The van der Waals surface area contributed by atoms with E-state index in [1.54, 1.807) is 0 Å². The molecule has 1 fully saturated rings. The fourth-order valence-electron chi connectivity index (χ4n) is 3.28. The van der Waals surface area contributed by atoms with Crippen LogP contribution in [-0.2, 0) is 6.42 Å². The molecule has 0 spiro atoms. The van der Waals surface area contributed by atoms with Gasteiger partial charge in [-0.15, -0.1) is 0 Å². The molecule has 2 aromatic rings. The predicted molar refractivity (Wildman–Crippen MR) is 84.0 cm³/mol. The van der Waals surface area contributed by atoms with E-state index in [2.05, 4.69) is 23.9 Å². The molecule has 0 aliphatic heterocycles. The zero-order valence-electron chi connectivity index (χ0n) is 12.7. The highest BCUT2D eigenvalue weighted by atomic mass is 16.3. The number of aliphatic hydroxyl groups is 1. The number of hydrogen-bond acceptors (Lipinski definition) is 2. The first-order valence-electron chi connectivity index (χ1n) is 8.01. The molecule has 0 saturated heterocycles. The van der Waals surface area contributed by atoms with Crippen molar-refractivity contribution in [2.45, 2.75) is 51.2 Å². The molecule has 2 unspecified atom stereocenters. The molecule has 3 rings (SSSR count). The summed E-state index contributed by atoms with van der Waals surface area (Å²) in [5.74, 6) is 0.166. The standard InChI is InChI=1S/C18H24N2O/c1-14(18(21)15-7-3-2-4-8-15)13-16-11-12-20(19-16)17-9-5-6-10-17/h2-4,7-8,11-12,14,17-18,21H,5-6,9-10,13H2,1H3. The first kappa shape index (κ1) is 14.3. The Bertz CT molecular complexity index is 558. The molecule has 1 N–H and O–H groups in total. The molecule has 112 valence electrons. The van der Waals surface area contributed by atoms with Crippen LogP contribution >= 0.6 is 0 Å². The van der Waals surface area contributed by atoms with Crippen LogP contribution in [0.15, 0.2) is 42.6 Å². The van der Waals surface area contributed by atoms with Gasteiger partial charge in [-0.1, -0.05) is 50.1 Å². The minimum atomic E-state index is -0.428. The van der Waals surface area contributed by atoms with Gasteiger partial charge in [0.05, 0.1) is 17.8 Å². The van der Waals surface area contributed by atoms with Crippen molar-refractivity contribution in [3.05, 3.63) is 53.9 Å². The summed E-state index contributed by atoms with van der Waals surface area (Å²) in [6.07, 6.45) is 7.64. The molecule has 0 radical (unpaired) electrons. The Morgan fingerprint density at radius 3 is 2.62 bits per heavy atom. The van der Waals surface area contributed by atoms with Crippen molar-refractivity contribution in [2.24, 2.45) is 5.92 Å². The van der Waals surface area contributed by atoms with Crippen molar-refractivity contribution in [1.82, 2.24) is 9.78 Å². The van der Waals surface area contributed by atoms with Crippen LogP contribution in [0.1, 0.15) is 56.0 Å². The largest absolute Gasteiger partial charge is 0.388 e. The summed E-state index contributed by atoms with van der Waals surface area (Å²) in [5, 5.41) is 15.1. The first-order valence-corrected chi connectivity index (χ1v) is 8.01. The van der Waals surface area contributed by atoms with Crippen LogP contribution in [0.5, 0.6) is 0 Å². The topological polar surface area (TPSA) is 38.0 Å². The van der Waals surface area contributed by atoms with Gasteiger partial charge in [-0.3, -0.25) is 4.68 Å². The van der Waals surface area contributed by atoms with Crippen LogP contribution in [-0.4, -0.2) is 14.9 Å². The van der Waals surface area contributed by atoms with E-state index in [1.807, 2.05) is 30.3 Å². The van der Waals surface area contributed by atoms with Crippen molar-refractivity contribution in [3.8, 4) is 0 Å². The van der Waals surface area contributed by atoms with E-state index in [0.717, 1.165) is 17.7 Å². The van der Waals surface area contributed by atoms with Gasteiger partial charge in [0.15, 0.2) is 0 Å². The Morgan fingerprint density at radius 2 is 1.90 bits per heavy atom. The van der Waals surface area contributed by atoms with Gasteiger partial charge in [-0.05, 0) is 36.8 Å². The number of aromatic nitrogens is 2. The maximum Gasteiger partial charge on any atom is 0.0819 e. The summed E-state index contributed by atoms with van der Waals surface area (Å²) in [5.41, 5.74) is 2.07. The minimum absolute atomic E-state index is 0.166. The monoisotopic (exact) mass is 284 g/mol. The highest BCUT2D eigenvalue weighted by Gasteiger charge is 2.20. The van der Waals surface area contributed by atoms with Crippen LogP contribution in [0.2, 0.25) is 0 Å². The molecule has 2 atom stereocenters. The third-order valence-electron chi connectivity index (χ3n) is 4.57. The zero-order valence-corrected chi connectivity index (χ0v) is 12.7.